The van der Waals surface area contributed by atoms with Gasteiger partial charge in [0.25, 0.3) is 0 Å². The van der Waals surface area contributed by atoms with Crippen LogP contribution in [0, 0.1) is 0 Å². The SMILES string of the molecule is CC(C)n1ncnc1C(=O)c1cc(Br)ccc1Br. The Morgan fingerprint density at radius 3 is 2.72 bits per heavy atom. The lowest BCUT2D eigenvalue weighted by molar-refractivity contribution is 0.102. The Balaban J connectivity index is 2.48. The number of hydrogen-bond acceptors (Lipinski definition) is 3. The maximum absolute atomic E-state index is 12.4. The van der Waals surface area contributed by atoms with E-state index in [-0.39, 0.29) is 11.8 Å². The second kappa shape index (κ2) is 5.32. The van der Waals surface area contributed by atoms with Gasteiger partial charge < -0.3 is 0 Å². The maximum Gasteiger partial charge on any atom is 0.231 e. The first kappa shape index (κ1) is 13.4. The fraction of sp³-hybridized carbons (Fsp3) is 0.250. The largest absolute Gasteiger partial charge is 0.285 e. The minimum atomic E-state index is -0.144. The van der Waals surface area contributed by atoms with Gasteiger partial charge in [-0.3, -0.25) is 4.79 Å². The van der Waals surface area contributed by atoms with Gasteiger partial charge in [-0.2, -0.15) is 5.10 Å². The molecule has 0 unspecified atom stereocenters. The molecule has 0 N–H and O–H groups in total. The third kappa shape index (κ3) is 2.54. The van der Waals surface area contributed by atoms with E-state index in [9.17, 15) is 4.79 Å². The number of hydrogen-bond donors (Lipinski definition) is 0. The molecule has 18 heavy (non-hydrogen) atoms. The van der Waals surface area contributed by atoms with Crippen LogP contribution in [0.3, 0.4) is 0 Å². The minimum absolute atomic E-state index is 0.0948. The zero-order valence-electron chi connectivity index (χ0n) is 9.89. The van der Waals surface area contributed by atoms with Gasteiger partial charge in [0.1, 0.15) is 6.33 Å². The molecule has 2 aromatic rings. The molecule has 1 aromatic heterocycles. The number of nitrogens with zero attached hydrogens (tertiary/aromatic N) is 3. The van der Waals surface area contributed by atoms with E-state index in [1.807, 2.05) is 26.0 Å². The van der Waals surface area contributed by atoms with Gasteiger partial charge in [-0.15, -0.1) is 0 Å². The monoisotopic (exact) mass is 371 g/mol. The summed E-state index contributed by atoms with van der Waals surface area (Å²) in [5.74, 6) is 0.207. The number of benzene rings is 1. The molecule has 4 nitrogen and oxygen atoms in total. The highest BCUT2D eigenvalue weighted by Gasteiger charge is 2.20. The minimum Gasteiger partial charge on any atom is -0.285 e. The van der Waals surface area contributed by atoms with E-state index in [1.165, 1.54) is 6.33 Å². The van der Waals surface area contributed by atoms with Crippen LogP contribution in [-0.2, 0) is 0 Å². The number of carbonyl (C=O) groups excluding carboxylic acids is 1. The molecule has 1 aromatic carbocycles. The molecule has 0 spiro atoms. The van der Waals surface area contributed by atoms with Crippen LogP contribution in [0.5, 0.6) is 0 Å². The molecule has 0 aliphatic carbocycles. The highest BCUT2D eigenvalue weighted by Crippen LogP contribution is 2.24. The Morgan fingerprint density at radius 1 is 1.33 bits per heavy atom. The zero-order chi connectivity index (χ0) is 13.3. The molecule has 0 fully saturated rings. The van der Waals surface area contributed by atoms with Gasteiger partial charge in [-0.25, -0.2) is 9.67 Å². The average Bonchev–Trinajstić information content (AvgIpc) is 2.80. The summed E-state index contributed by atoms with van der Waals surface area (Å²) in [7, 11) is 0. The summed E-state index contributed by atoms with van der Waals surface area (Å²) >= 11 is 6.74. The van der Waals surface area contributed by atoms with E-state index >= 15 is 0 Å². The molecule has 0 atom stereocenters. The summed E-state index contributed by atoms with van der Waals surface area (Å²) in [6.45, 7) is 3.92. The first-order valence-electron chi connectivity index (χ1n) is 5.40. The van der Waals surface area contributed by atoms with Gasteiger partial charge in [0.05, 0.1) is 0 Å². The summed E-state index contributed by atoms with van der Waals surface area (Å²) in [6.07, 6.45) is 1.40. The lowest BCUT2D eigenvalue weighted by atomic mass is 10.1. The molecule has 0 aliphatic rings. The van der Waals surface area contributed by atoms with Crippen LogP contribution in [0.1, 0.15) is 36.1 Å². The Labute approximate surface area is 122 Å². The molecule has 1 heterocycles. The lowest BCUT2D eigenvalue weighted by Crippen LogP contribution is -2.15. The van der Waals surface area contributed by atoms with Crippen molar-refractivity contribution in [3.8, 4) is 0 Å². The van der Waals surface area contributed by atoms with Crippen LogP contribution < -0.4 is 0 Å². The van der Waals surface area contributed by atoms with E-state index in [0.29, 0.717) is 11.4 Å². The standard InChI is InChI=1S/C12H11Br2N3O/c1-7(2)17-12(15-6-16-17)11(18)9-5-8(13)3-4-10(9)14/h3-7H,1-2H3. The maximum atomic E-state index is 12.4. The van der Waals surface area contributed by atoms with Gasteiger partial charge in [0.15, 0.2) is 5.82 Å². The number of ketones is 1. The van der Waals surface area contributed by atoms with Crippen molar-refractivity contribution >= 4 is 37.6 Å². The summed E-state index contributed by atoms with van der Waals surface area (Å²) in [5, 5.41) is 4.07. The number of rotatable bonds is 3. The lowest BCUT2D eigenvalue weighted by Gasteiger charge is -2.09. The molecule has 6 heteroatoms. The molecule has 94 valence electrons. The first-order valence-corrected chi connectivity index (χ1v) is 6.98. The van der Waals surface area contributed by atoms with E-state index in [0.717, 1.165) is 8.95 Å². The highest BCUT2D eigenvalue weighted by molar-refractivity contribution is 9.11. The quantitative estimate of drug-likeness (QED) is 0.773. The number of halogens is 2. The van der Waals surface area contributed by atoms with Crippen molar-refractivity contribution in [2.75, 3.05) is 0 Å². The third-order valence-corrected chi connectivity index (χ3v) is 3.62. The molecule has 2 rings (SSSR count). The van der Waals surface area contributed by atoms with Gasteiger partial charge in [0, 0.05) is 20.6 Å². The Hall–Kier alpha value is -1.01. The van der Waals surface area contributed by atoms with E-state index < -0.39 is 0 Å². The molecule has 0 bridgehead atoms. The molecule has 0 saturated carbocycles. The molecule has 0 amide bonds. The summed E-state index contributed by atoms with van der Waals surface area (Å²) < 4.78 is 3.22. The smallest absolute Gasteiger partial charge is 0.231 e. The van der Waals surface area contributed by atoms with Crippen LogP contribution in [0.25, 0.3) is 0 Å². The van der Waals surface area contributed by atoms with Crippen molar-refractivity contribution in [1.82, 2.24) is 14.8 Å². The van der Waals surface area contributed by atoms with Gasteiger partial charge in [-0.1, -0.05) is 31.9 Å². The summed E-state index contributed by atoms with van der Waals surface area (Å²) in [5.41, 5.74) is 0.569. The molecular weight excluding hydrogens is 362 g/mol. The topological polar surface area (TPSA) is 47.8 Å². The molecule has 0 saturated heterocycles. The molecule has 0 aliphatic heterocycles. The predicted octanol–water partition coefficient (Wildman–Crippen LogP) is 3.62. The Bertz CT molecular complexity index is 593. The van der Waals surface area contributed by atoms with E-state index in [1.54, 1.807) is 10.7 Å². The average molecular weight is 373 g/mol. The van der Waals surface area contributed by atoms with Crippen molar-refractivity contribution < 1.29 is 4.79 Å². The predicted molar refractivity (Wildman–Crippen MR) is 75.7 cm³/mol. The van der Waals surface area contributed by atoms with Crippen molar-refractivity contribution in [2.24, 2.45) is 0 Å². The van der Waals surface area contributed by atoms with Crippen LogP contribution >= 0.6 is 31.9 Å². The van der Waals surface area contributed by atoms with Crippen molar-refractivity contribution in [3.05, 3.63) is 44.9 Å². The number of aromatic nitrogens is 3. The molecule has 0 radical (unpaired) electrons. The van der Waals surface area contributed by atoms with Gasteiger partial charge in [-0.05, 0) is 32.0 Å². The second-order valence-corrected chi connectivity index (χ2v) is 5.85. The normalized spacial score (nSPS) is 10.9. The Kier molecular flexibility index (Phi) is 3.97. The highest BCUT2D eigenvalue weighted by atomic mass is 79.9. The van der Waals surface area contributed by atoms with Crippen molar-refractivity contribution in [3.63, 3.8) is 0 Å². The van der Waals surface area contributed by atoms with Crippen LogP contribution in [0.2, 0.25) is 0 Å². The first-order chi connectivity index (χ1) is 8.50. The van der Waals surface area contributed by atoms with Crippen LogP contribution in [0.4, 0.5) is 0 Å². The van der Waals surface area contributed by atoms with Gasteiger partial charge >= 0.3 is 0 Å². The third-order valence-electron chi connectivity index (χ3n) is 2.44. The van der Waals surface area contributed by atoms with Gasteiger partial charge in [0.2, 0.25) is 5.78 Å². The van der Waals surface area contributed by atoms with Crippen LogP contribution in [0.15, 0.2) is 33.5 Å². The molecular formula is C12H11Br2N3O. The fourth-order valence-electron chi connectivity index (χ4n) is 1.58. The van der Waals surface area contributed by atoms with Crippen LogP contribution in [-0.4, -0.2) is 20.5 Å². The zero-order valence-corrected chi connectivity index (χ0v) is 13.1. The second-order valence-electron chi connectivity index (χ2n) is 4.08. The van der Waals surface area contributed by atoms with Crippen molar-refractivity contribution in [2.45, 2.75) is 19.9 Å². The summed E-state index contributed by atoms with van der Waals surface area (Å²) in [6, 6.07) is 5.56. The number of carbonyl (C=O) groups is 1. The van der Waals surface area contributed by atoms with Crippen molar-refractivity contribution in [1.29, 1.82) is 0 Å². The Morgan fingerprint density at radius 2 is 2.06 bits per heavy atom. The van der Waals surface area contributed by atoms with E-state index in [2.05, 4.69) is 41.9 Å². The van der Waals surface area contributed by atoms with E-state index in [4.69, 9.17) is 0 Å². The fourth-order valence-corrected chi connectivity index (χ4v) is 2.37. The summed E-state index contributed by atoms with van der Waals surface area (Å²) in [4.78, 5) is 16.5.